The summed E-state index contributed by atoms with van der Waals surface area (Å²) in [6.45, 7) is 4.64. The van der Waals surface area contributed by atoms with E-state index in [4.69, 9.17) is 14.2 Å². The molecule has 1 saturated heterocycles. The van der Waals surface area contributed by atoms with Crippen LogP contribution in [0.5, 0.6) is 0 Å². The van der Waals surface area contributed by atoms with E-state index in [1.807, 2.05) is 13.0 Å². The highest BCUT2D eigenvalue weighted by molar-refractivity contribution is 4.97. The fourth-order valence-corrected chi connectivity index (χ4v) is 1.30. The monoisotopic (exact) mass is 186 g/mol. The lowest BCUT2D eigenvalue weighted by atomic mass is 10.2. The van der Waals surface area contributed by atoms with Gasteiger partial charge in [0.1, 0.15) is 6.61 Å². The zero-order chi connectivity index (χ0) is 9.73. The van der Waals surface area contributed by atoms with E-state index in [2.05, 4.69) is 13.0 Å². The Hall–Kier alpha value is -0.380. The van der Waals surface area contributed by atoms with Crippen molar-refractivity contribution in [1.29, 1.82) is 0 Å². The third kappa shape index (κ3) is 2.53. The van der Waals surface area contributed by atoms with Crippen molar-refractivity contribution in [1.82, 2.24) is 0 Å². The molecule has 1 fully saturated rings. The van der Waals surface area contributed by atoms with Gasteiger partial charge in [0.05, 0.1) is 0 Å². The molecule has 1 aliphatic heterocycles. The molecule has 0 spiro atoms. The lowest BCUT2D eigenvalue weighted by molar-refractivity contribution is -0.176. The molecule has 0 N–H and O–H groups in total. The molecule has 0 aromatic rings. The Balaban J connectivity index is 2.57. The summed E-state index contributed by atoms with van der Waals surface area (Å²) in [5, 5.41) is 0. The number of allylic oxidation sites excluding steroid dienone is 1. The smallest absolute Gasteiger partial charge is 0.190 e. The van der Waals surface area contributed by atoms with Crippen molar-refractivity contribution in [3.63, 3.8) is 0 Å². The largest absolute Gasteiger partial charge is 0.353 e. The zero-order valence-electron chi connectivity index (χ0n) is 8.58. The second-order valence-corrected chi connectivity index (χ2v) is 3.07. The van der Waals surface area contributed by atoms with Crippen LogP contribution in [0.25, 0.3) is 0 Å². The molecular weight excluding hydrogens is 168 g/mol. The lowest BCUT2D eigenvalue weighted by Crippen LogP contribution is -2.27. The first kappa shape index (κ1) is 10.7. The molecule has 0 radical (unpaired) electrons. The van der Waals surface area contributed by atoms with Gasteiger partial charge in [0.2, 0.25) is 0 Å². The van der Waals surface area contributed by atoms with Crippen molar-refractivity contribution < 1.29 is 14.2 Å². The topological polar surface area (TPSA) is 27.7 Å². The van der Waals surface area contributed by atoms with Gasteiger partial charge in [0, 0.05) is 13.5 Å². The fraction of sp³-hybridized carbons (Fsp3) is 0.800. The minimum atomic E-state index is -0.545. The average Bonchev–Trinajstić information content (AvgIpc) is 2.59. The second-order valence-electron chi connectivity index (χ2n) is 3.07. The van der Waals surface area contributed by atoms with Crippen LogP contribution >= 0.6 is 0 Å². The molecule has 1 rings (SSSR count). The molecule has 1 aliphatic rings. The van der Waals surface area contributed by atoms with Crippen LogP contribution in [0.4, 0.5) is 0 Å². The highest BCUT2D eigenvalue weighted by atomic mass is 16.8. The molecule has 13 heavy (non-hydrogen) atoms. The van der Waals surface area contributed by atoms with Crippen LogP contribution in [0.3, 0.4) is 0 Å². The molecule has 1 heterocycles. The van der Waals surface area contributed by atoms with Crippen molar-refractivity contribution in [2.75, 3.05) is 13.7 Å². The van der Waals surface area contributed by atoms with Gasteiger partial charge in [-0.05, 0) is 12.5 Å². The summed E-state index contributed by atoms with van der Waals surface area (Å²) in [7, 11) is 1.63. The van der Waals surface area contributed by atoms with E-state index in [0.29, 0.717) is 6.61 Å². The summed E-state index contributed by atoms with van der Waals surface area (Å²) >= 11 is 0. The zero-order valence-corrected chi connectivity index (χ0v) is 8.58. The van der Waals surface area contributed by atoms with E-state index in [0.717, 1.165) is 12.8 Å². The quantitative estimate of drug-likeness (QED) is 0.629. The highest BCUT2D eigenvalue weighted by Crippen LogP contribution is 2.28. The van der Waals surface area contributed by atoms with E-state index < -0.39 is 5.79 Å². The molecule has 0 aliphatic carbocycles. The van der Waals surface area contributed by atoms with Crippen LogP contribution in [-0.4, -0.2) is 25.8 Å². The fourth-order valence-electron chi connectivity index (χ4n) is 1.30. The number of ether oxygens (including phenoxy) is 3. The minimum absolute atomic E-state index is 0.221. The first-order valence-corrected chi connectivity index (χ1v) is 4.78. The Bertz CT molecular complexity index is 179. The van der Waals surface area contributed by atoms with E-state index in [-0.39, 0.29) is 6.29 Å². The van der Waals surface area contributed by atoms with E-state index in [1.165, 1.54) is 0 Å². The third-order valence-electron chi connectivity index (χ3n) is 2.16. The van der Waals surface area contributed by atoms with Crippen molar-refractivity contribution in [2.24, 2.45) is 0 Å². The standard InChI is InChI=1S/C10H18O3/c1-4-6-7-10(5-2)12-8-9(11-3)13-10/h6-7,9H,4-5,8H2,1-3H3. The number of hydrogen-bond acceptors (Lipinski definition) is 3. The van der Waals surface area contributed by atoms with Gasteiger partial charge >= 0.3 is 0 Å². The van der Waals surface area contributed by atoms with Gasteiger partial charge in [-0.1, -0.05) is 19.9 Å². The average molecular weight is 186 g/mol. The maximum atomic E-state index is 5.62. The van der Waals surface area contributed by atoms with Gasteiger partial charge in [-0.25, -0.2) is 0 Å². The Morgan fingerprint density at radius 3 is 2.77 bits per heavy atom. The molecule has 0 saturated carbocycles. The predicted molar refractivity (Wildman–Crippen MR) is 50.3 cm³/mol. The predicted octanol–water partition coefficient (Wildman–Crippen LogP) is 2.08. The van der Waals surface area contributed by atoms with E-state index in [9.17, 15) is 0 Å². The number of methoxy groups -OCH3 is 1. The van der Waals surface area contributed by atoms with Gasteiger partial charge in [0.25, 0.3) is 0 Å². The Kier molecular flexibility index (Phi) is 3.90. The molecular formula is C10H18O3. The van der Waals surface area contributed by atoms with Crippen LogP contribution in [0.15, 0.2) is 12.2 Å². The van der Waals surface area contributed by atoms with E-state index >= 15 is 0 Å². The molecule has 2 unspecified atom stereocenters. The van der Waals surface area contributed by atoms with Gasteiger partial charge in [-0.15, -0.1) is 0 Å². The molecule has 76 valence electrons. The third-order valence-corrected chi connectivity index (χ3v) is 2.16. The Morgan fingerprint density at radius 1 is 1.54 bits per heavy atom. The first-order chi connectivity index (χ1) is 6.26. The SMILES string of the molecule is CCC=CC1(CC)OCC(OC)O1. The molecule has 3 heteroatoms. The summed E-state index contributed by atoms with van der Waals surface area (Å²) in [6.07, 6.45) is 5.62. The first-order valence-electron chi connectivity index (χ1n) is 4.78. The molecule has 0 aromatic heterocycles. The van der Waals surface area contributed by atoms with Crippen molar-refractivity contribution in [2.45, 2.75) is 38.8 Å². The summed E-state index contributed by atoms with van der Waals surface area (Å²) in [4.78, 5) is 0. The van der Waals surface area contributed by atoms with Crippen LogP contribution in [0.2, 0.25) is 0 Å². The number of hydrogen-bond donors (Lipinski definition) is 0. The van der Waals surface area contributed by atoms with Crippen LogP contribution in [0.1, 0.15) is 26.7 Å². The molecule has 3 nitrogen and oxygen atoms in total. The van der Waals surface area contributed by atoms with Crippen LogP contribution < -0.4 is 0 Å². The summed E-state index contributed by atoms with van der Waals surface area (Å²) in [5.41, 5.74) is 0. The molecule has 2 atom stereocenters. The van der Waals surface area contributed by atoms with Gasteiger partial charge in [0.15, 0.2) is 12.1 Å². The summed E-state index contributed by atoms with van der Waals surface area (Å²) in [6, 6.07) is 0. The molecule has 0 bridgehead atoms. The maximum Gasteiger partial charge on any atom is 0.190 e. The van der Waals surface area contributed by atoms with Crippen molar-refractivity contribution in [3.8, 4) is 0 Å². The van der Waals surface area contributed by atoms with Crippen molar-refractivity contribution >= 4 is 0 Å². The van der Waals surface area contributed by atoms with Crippen molar-refractivity contribution in [3.05, 3.63) is 12.2 Å². The maximum absolute atomic E-state index is 5.62. The molecule has 0 amide bonds. The van der Waals surface area contributed by atoms with Gasteiger partial charge in [-0.3, -0.25) is 0 Å². The lowest BCUT2D eigenvalue weighted by Gasteiger charge is -2.22. The normalized spacial score (nSPS) is 34.5. The highest BCUT2D eigenvalue weighted by Gasteiger charge is 2.37. The van der Waals surface area contributed by atoms with Gasteiger partial charge in [-0.2, -0.15) is 0 Å². The Labute approximate surface area is 79.7 Å². The Morgan fingerprint density at radius 2 is 2.31 bits per heavy atom. The van der Waals surface area contributed by atoms with E-state index in [1.54, 1.807) is 7.11 Å². The summed E-state index contributed by atoms with van der Waals surface area (Å²) < 4.78 is 16.2. The minimum Gasteiger partial charge on any atom is -0.353 e. The number of rotatable bonds is 4. The van der Waals surface area contributed by atoms with Crippen LogP contribution in [0, 0.1) is 0 Å². The summed E-state index contributed by atoms with van der Waals surface area (Å²) in [5.74, 6) is -0.545. The molecule has 0 aromatic carbocycles. The van der Waals surface area contributed by atoms with Gasteiger partial charge < -0.3 is 14.2 Å². The second kappa shape index (κ2) is 4.74. The van der Waals surface area contributed by atoms with Crippen LogP contribution in [-0.2, 0) is 14.2 Å².